The molecule has 0 aliphatic heterocycles. The molecule has 0 aliphatic carbocycles. The van der Waals surface area contributed by atoms with E-state index in [0.717, 1.165) is 11.1 Å². The summed E-state index contributed by atoms with van der Waals surface area (Å²) in [6.45, 7) is 0. The van der Waals surface area contributed by atoms with Crippen LogP contribution < -0.4 is 10.7 Å². The third kappa shape index (κ3) is 5.91. The van der Waals surface area contributed by atoms with Crippen molar-refractivity contribution in [2.24, 2.45) is 5.10 Å². The zero-order chi connectivity index (χ0) is 24.6. The van der Waals surface area contributed by atoms with Gasteiger partial charge < -0.3 is 15.5 Å². The van der Waals surface area contributed by atoms with Crippen LogP contribution in [-0.2, 0) is 4.79 Å². The second kappa shape index (κ2) is 10.8. The van der Waals surface area contributed by atoms with Crippen LogP contribution in [0.25, 0.3) is 0 Å². The summed E-state index contributed by atoms with van der Waals surface area (Å²) in [6.07, 6.45) is 1.27. The molecule has 4 aromatic carbocycles. The van der Waals surface area contributed by atoms with Gasteiger partial charge in [-0.2, -0.15) is 5.10 Å². The molecule has 7 heteroatoms. The van der Waals surface area contributed by atoms with Crippen molar-refractivity contribution >= 4 is 23.7 Å². The third-order valence-electron chi connectivity index (χ3n) is 5.33. The summed E-state index contributed by atoms with van der Waals surface area (Å²) in [5.41, 5.74) is 5.38. The molecule has 0 heterocycles. The van der Waals surface area contributed by atoms with E-state index in [4.69, 9.17) is 0 Å². The van der Waals surface area contributed by atoms with Gasteiger partial charge in [-0.25, -0.2) is 5.43 Å². The van der Waals surface area contributed by atoms with Crippen LogP contribution in [0.15, 0.2) is 108 Å². The Morgan fingerprint density at radius 3 is 1.94 bits per heavy atom. The van der Waals surface area contributed by atoms with E-state index in [1.165, 1.54) is 24.4 Å². The lowest BCUT2D eigenvalue weighted by molar-refractivity contribution is -0.116. The maximum absolute atomic E-state index is 13.2. The molecule has 0 spiro atoms. The SMILES string of the molecule is O=C(NN=Cc1ccc(O)cc1O)c1ccc(NC(=O)C(c2ccccc2)c2ccccc2)cc1. The van der Waals surface area contributed by atoms with Crippen LogP contribution in [-0.4, -0.2) is 28.2 Å². The average molecular weight is 466 g/mol. The zero-order valence-electron chi connectivity index (χ0n) is 18.6. The van der Waals surface area contributed by atoms with Gasteiger partial charge in [-0.3, -0.25) is 9.59 Å². The van der Waals surface area contributed by atoms with Crippen molar-refractivity contribution in [2.75, 3.05) is 5.32 Å². The highest BCUT2D eigenvalue weighted by Crippen LogP contribution is 2.26. The van der Waals surface area contributed by atoms with Crippen molar-refractivity contribution in [3.63, 3.8) is 0 Å². The first-order valence-electron chi connectivity index (χ1n) is 10.9. The predicted molar refractivity (Wildman–Crippen MR) is 135 cm³/mol. The highest BCUT2D eigenvalue weighted by atomic mass is 16.3. The molecule has 0 bridgehead atoms. The lowest BCUT2D eigenvalue weighted by atomic mass is 9.90. The quantitative estimate of drug-likeness (QED) is 0.235. The molecule has 2 amide bonds. The fourth-order valence-corrected chi connectivity index (χ4v) is 3.57. The minimum absolute atomic E-state index is 0.0743. The first-order valence-corrected chi connectivity index (χ1v) is 10.9. The Morgan fingerprint density at radius 2 is 1.37 bits per heavy atom. The summed E-state index contributed by atoms with van der Waals surface area (Å²) >= 11 is 0. The number of phenols is 2. The minimum atomic E-state index is -0.481. The van der Waals surface area contributed by atoms with Gasteiger partial charge in [0.25, 0.3) is 5.91 Å². The van der Waals surface area contributed by atoms with Crippen LogP contribution >= 0.6 is 0 Å². The molecule has 7 nitrogen and oxygen atoms in total. The molecule has 0 saturated heterocycles. The topological polar surface area (TPSA) is 111 Å². The van der Waals surface area contributed by atoms with Crippen molar-refractivity contribution < 1.29 is 19.8 Å². The van der Waals surface area contributed by atoms with Crippen molar-refractivity contribution in [3.8, 4) is 11.5 Å². The molecule has 174 valence electrons. The van der Waals surface area contributed by atoms with Gasteiger partial charge in [0.2, 0.25) is 5.91 Å². The van der Waals surface area contributed by atoms with E-state index in [2.05, 4.69) is 15.8 Å². The van der Waals surface area contributed by atoms with Crippen LogP contribution in [0.1, 0.15) is 33.0 Å². The zero-order valence-corrected chi connectivity index (χ0v) is 18.6. The number of hydrogen-bond donors (Lipinski definition) is 4. The summed E-state index contributed by atoms with van der Waals surface area (Å²) < 4.78 is 0. The van der Waals surface area contributed by atoms with Crippen molar-refractivity contribution in [3.05, 3.63) is 125 Å². The first kappa shape index (κ1) is 23.3. The van der Waals surface area contributed by atoms with Crippen molar-refractivity contribution in [2.45, 2.75) is 5.92 Å². The average Bonchev–Trinajstić information content (AvgIpc) is 2.87. The largest absolute Gasteiger partial charge is 0.508 e. The highest BCUT2D eigenvalue weighted by molar-refractivity contribution is 5.99. The maximum Gasteiger partial charge on any atom is 0.271 e. The van der Waals surface area contributed by atoms with E-state index in [9.17, 15) is 19.8 Å². The first-order chi connectivity index (χ1) is 17.0. The summed E-state index contributed by atoms with van der Waals surface area (Å²) in [5, 5.41) is 25.9. The molecule has 4 aromatic rings. The summed E-state index contributed by atoms with van der Waals surface area (Å²) in [7, 11) is 0. The van der Waals surface area contributed by atoms with Gasteiger partial charge in [0.05, 0.1) is 12.1 Å². The Balaban J connectivity index is 1.43. The molecule has 0 radical (unpaired) electrons. The molecule has 0 atom stereocenters. The number of rotatable bonds is 7. The molecule has 0 fully saturated rings. The second-order valence-electron chi connectivity index (χ2n) is 7.76. The Morgan fingerprint density at radius 1 is 0.771 bits per heavy atom. The number of carbonyl (C=O) groups excluding carboxylic acids is 2. The molecule has 0 aromatic heterocycles. The molecule has 0 unspecified atom stereocenters. The highest BCUT2D eigenvalue weighted by Gasteiger charge is 2.22. The molecule has 4 N–H and O–H groups in total. The number of hydrazone groups is 1. The monoisotopic (exact) mass is 465 g/mol. The minimum Gasteiger partial charge on any atom is -0.508 e. The standard InChI is InChI=1S/C28H23N3O4/c32-24-16-13-22(25(33)17-24)18-29-31-27(34)21-11-14-23(15-12-21)30-28(35)26(19-7-3-1-4-8-19)20-9-5-2-6-10-20/h1-18,26,32-33H,(H,30,35)(H,31,34). The van der Waals surface area contributed by atoms with E-state index >= 15 is 0 Å². The number of nitrogens with zero attached hydrogens (tertiary/aromatic N) is 1. The van der Waals surface area contributed by atoms with E-state index in [1.54, 1.807) is 24.3 Å². The van der Waals surface area contributed by atoms with Gasteiger partial charge in [0.15, 0.2) is 0 Å². The van der Waals surface area contributed by atoms with Crippen LogP contribution in [0.4, 0.5) is 5.69 Å². The van der Waals surface area contributed by atoms with Gasteiger partial charge in [-0.15, -0.1) is 0 Å². The molecule has 0 saturated carbocycles. The molecule has 4 rings (SSSR count). The maximum atomic E-state index is 13.2. The molecular formula is C28H23N3O4. The number of benzene rings is 4. The molecule has 35 heavy (non-hydrogen) atoms. The smallest absolute Gasteiger partial charge is 0.271 e. The third-order valence-corrected chi connectivity index (χ3v) is 5.33. The van der Waals surface area contributed by atoms with Crippen LogP contribution in [0.5, 0.6) is 11.5 Å². The lowest BCUT2D eigenvalue weighted by Gasteiger charge is -2.18. The Kier molecular flexibility index (Phi) is 7.18. The van der Waals surface area contributed by atoms with Crippen LogP contribution in [0.2, 0.25) is 0 Å². The normalized spacial score (nSPS) is 10.9. The predicted octanol–water partition coefficient (Wildman–Crippen LogP) is 4.63. The number of aromatic hydroxyl groups is 2. The summed E-state index contributed by atoms with van der Waals surface area (Å²) in [5.74, 6) is -1.35. The van der Waals surface area contributed by atoms with Gasteiger partial charge in [-0.1, -0.05) is 60.7 Å². The van der Waals surface area contributed by atoms with Crippen molar-refractivity contribution in [1.82, 2.24) is 5.43 Å². The van der Waals surface area contributed by atoms with Gasteiger partial charge in [-0.05, 0) is 47.5 Å². The van der Waals surface area contributed by atoms with Crippen molar-refractivity contribution in [1.29, 1.82) is 0 Å². The van der Waals surface area contributed by atoms with Crippen LogP contribution in [0, 0.1) is 0 Å². The number of carbonyl (C=O) groups is 2. The number of phenolic OH excluding ortho intramolecular Hbond substituents is 2. The van der Waals surface area contributed by atoms with E-state index in [-0.39, 0.29) is 17.4 Å². The number of amides is 2. The van der Waals surface area contributed by atoms with E-state index in [0.29, 0.717) is 16.8 Å². The summed E-state index contributed by atoms with van der Waals surface area (Å²) in [6, 6.07) is 29.6. The Hall–Kier alpha value is -4.91. The Bertz CT molecular complexity index is 1300. The number of nitrogens with one attached hydrogen (secondary N) is 2. The summed E-state index contributed by atoms with van der Waals surface area (Å²) in [4.78, 5) is 25.6. The van der Waals surface area contributed by atoms with E-state index in [1.807, 2.05) is 60.7 Å². The fraction of sp³-hybridized carbons (Fsp3) is 0.0357. The fourth-order valence-electron chi connectivity index (χ4n) is 3.57. The lowest BCUT2D eigenvalue weighted by Crippen LogP contribution is -2.22. The van der Waals surface area contributed by atoms with Gasteiger partial charge in [0, 0.05) is 22.9 Å². The van der Waals surface area contributed by atoms with Gasteiger partial charge in [0.1, 0.15) is 11.5 Å². The Labute approximate surface area is 202 Å². The van der Waals surface area contributed by atoms with Gasteiger partial charge >= 0.3 is 0 Å². The number of anilines is 1. The second-order valence-corrected chi connectivity index (χ2v) is 7.76. The number of hydrogen-bond acceptors (Lipinski definition) is 5. The molecule has 0 aliphatic rings. The van der Waals surface area contributed by atoms with Crippen LogP contribution in [0.3, 0.4) is 0 Å². The van der Waals surface area contributed by atoms with E-state index < -0.39 is 11.8 Å². The molecular weight excluding hydrogens is 442 g/mol.